The van der Waals surface area contributed by atoms with E-state index >= 15 is 0 Å². The summed E-state index contributed by atoms with van der Waals surface area (Å²) >= 11 is 5.84. The van der Waals surface area contributed by atoms with E-state index in [4.69, 9.17) is 11.6 Å². The van der Waals surface area contributed by atoms with E-state index in [1.165, 1.54) is 0 Å². The van der Waals surface area contributed by atoms with Gasteiger partial charge in [0.2, 0.25) is 0 Å². The third-order valence-electron chi connectivity index (χ3n) is 1.49. The molecule has 2 heterocycles. The summed E-state index contributed by atoms with van der Waals surface area (Å²) in [6.45, 7) is 1.79. The van der Waals surface area contributed by atoms with Crippen molar-refractivity contribution in [3.05, 3.63) is 17.3 Å². The number of hydrogen-bond donors (Lipinski definition) is 0. The monoisotopic (exact) mass is 200 g/mol. The molecule has 1 unspecified atom stereocenters. The van der Waals surface area contributed by atoms with E-state index in [1.54, 1.807) is 17.6 Å². The number of aryl methyl sites for hydroxylation is 1. The molecular formula is C6H6ClN4P. The fraction of sp³-hybridized carbons (Fsp3) is 0.167. The number of hydrogen-bond acceptors (Lipinski definition) is 3. The summed E-state index contributed by atoms with van der Waals surface area (Å²) in [6, 6.07) is 0. The first-order valence-corrected chi connectivity index (χ1v) is 4.20. The van der Waals surface area contributed by atoms with E-state index < -0.39 is 0 Å². The molecule has 0 N–H and O–H groups in total. The molecule has 0 spiro atoms. The molecule has 6 heteroatoms. The fourth-order valence-electron chi connectivity index (χ4n) is 0.984. The third-order valence-corrected chi connectivity index (χ3v) is 2.13. The van der Waals surface area contributed by atoms with Crippen LogP contribution in [-0.4, -0.2) is 19.3 Å². The van der Waals surface area contributed by atoms with E-state index in [1.807, 2.05) is 0 Å². The van der Waals surface area contributed by atoms with Gasteiger partial charge in [-0.1, -0.05) is 11.6 Å². The van der Waals surface area contributed by atoms with Gasteiger partial charge in [0.05, 0.1) is 0 Å². The first kappa shape index (κ1) is 7.90. The molecule has 0 aromatic carbocycles. The average molecular weight is 201 g/mol. The summed E-state index contributed by atoms with van der Waals surface area (Å²) in [5.41, 5.74) is 1.37. The number of imidazole rings is 1. The second-order valence-electron chi connectivity index (χ2n) is 2.39. The van der Waals surface area contributed by atoms with Crippen LogP contribution in [0, 0.1) is 6.92 Å². The summed E-state index contributed by atoms with van der Waals surface area (Å²) in [5.74, 6) is 0.650. The molecule has 1 atom stereocenters. The van der Waals surface area contributed by atoms with Crippen molar-refractivity contribution in [1.29, 1.82) is 0 Å². The van der Waals surface area contributed by atoms with E-state index in [2.05, 4.69) is 24.3 Å². The van der Waals surface area contributed by atoms with E-state index in [0.717, 1.165) is 5.65 Å². The number of nitrogens with zero attached hydrogens (tertiary/aromatic N) is 4. The lowest BCUT2D eigenvalue weighted by atomic mass is 10.5. The van der Waals surface area contributed by atoms with Crippen molar-refractivity contribution in [2.24, 2.45) is 0 Å². The van der Waals surface area contributed by atoms with Gasteiger partial charge in [-0.05, 0) is 16.3 Å². The lowest BCUT2D eigenvalue weighted by Crippen LogP contribution is -1.90. The topological polar surface area (TPSA) is 43.6 Å². The molecule has 0 aliphatic carbocycles. The van der Waals surface area contributed by atoms with Crippen LogP contribution in [0.1, 0.15) is 5.82 Å². The number of aromatic nitrogens is 4. The first-order valence-electron chi connectivity index (χ1n) is 3.31. The average Bonchev–Trinajstić information content (AvgIpc) is 2.33. The normalized spacial score (nSPS) is 10.9. The van der Waals surface area contributed by atoms with Crippen molar-refractivity contribution in [2.75, 3.05) is 0 Å². The Morgan fingerprint density at radius 2 is 2.25 bits per heavy atom. The number of rotatable bonds is 0. The van der Waals surface area contributed by atoms with Gasteiger partial charge in [-0.3, -0.25) is 4.34 Å². The zero-order valence-electron chi connectivity index (χ0n) is 6.32. The smallest absolute Gasteiger partial charge is 0.168 e. The van der Waals surface area contributed by atoms with Crippen molar-refractivity contribution < 1.29 is 0 Å². The first-order chi connectivity index (χ1) is 5.68. The molecule has 62 valence electrons. The minimum atomic E-state index is 0.402. The highest BCUT2D eigenvalue weighted by molar-refractivity contribution is 7.14. The van der Waals surface area contributed by atoms with Crippen molar-refractivity contribution in [3.63, 3.8) is 0 Å². The van der Waals surface area contributed by atoms with Crippen LogP contribution in [-0.2, 0) is 0 Å². The van der Waals surface area contributed by atoms with Gasteiger partial charge in [0.25, 0.3) is 0 Å². The van der Waals surface area contributed by atoms with E-state index in [9.17, 15) is 0 Å². The van der Waals surface area contributed by atoms with Gasteiger partial charge < -0.3 is 0 Å². The van der Waals surface area contributed by atoms with Gasteiger partial charge in [-0.25, -0.2) is 15.0 Å². The fourth-order valence-corrected chi connectivity index (χ4v) is 1.49. The predicted octanol–water partition coefficient (Wildman–Crippen LogP) is 1.43. The summed E-state index contributed by atoms with van der Waals surface area (Å²) in [6.07, 6.45) is 1.63. The molecule has 0 fully saturated rings. The van der Waals surface area contributed by atoms with Crippen molar-refractivity contribution in [2.45, 2.75) is 6.92 Å². The molecule has 12 heavy (non-hydrogen) atoms. The molecule has 4 nitrogen and oxygen atoms in total. The standard InChI is InChI=1S/C6H6ClN4P/c1-3-9-5(7)4-6(10-3)11(12)2-8-4/h2H,12H2,1H3. The minimum Gasteiger partial charge on any atom is -0.299 e. The molecule has 2 aromatic rings. The Hall–Kier alpha value is -0.730. The minimum absolute atomic E-state index is 0.402. The molecule has 0 amide bonds. The molecule has 2 rings (SSSR count). The molecule has 0 bridgehead atoms. The largest absolute Gasteiger partial charge is 0.299 e. The van der Waals surface area contributed by atoms with Crippen molar-refractivity contribution in [1.82, 2.24) is 19.3 Å². The van der Waals surface area contributed by atoms with Gasteiger partial charge in [-0.2, -0.15) is 0 Å². The predicted molar refractivity (Wildman–Crippen MR) is 50.2 cm³/mol. The quantitative estimate of drug-likeness (QED) is 0.477. The maximum atomic E-state index is 5.84. The van der Waals surface area contributed by atoms with Crippen LogP contribution >= 0.6 is 21.0 Å². The molecular weight excluding hydrogens is 195 g/mol. The summed E-state index contributed by atoms with van der Waals surface area (Å²) in [7, 11) is 2.48. The summed E-state index contributed by atoms with van der Waals surface area (Å²) < 4.78 is 1.73. The van der Waals surface area contributed by atoms with Gasteiger partial charge >= 0.3 is 0 Å². The van der Waals surface area contributed by atoms with Crippen LogP contribution in [0.4, 0.5) is 0 Å². The highest BCUT2D eigenvalue weighted by Crippen LogP contribution is 2.19. The molecule has 0 aliphatic heterocycles. The number of fused-ring (bicyclic) bond motifs is 1. The molecule has 2 aromatic heterocycles. The molecule has 0 radical (unpaired) electrons. The van der Waals surface area contributed by atoms with Crippen LogP contribution in [0.5, 0.6) is 0 Å². The van der Waals surface area contributed by atoms with Gasteiger partial charge in [-0.15, -0.1) is 0 Å². The van der Waals surface area contributed by atoms with Crippen LogP contribution in [0.25, 0.3) is 11.2 Å². The zero-order valence-corrected chi connectivity index (χ0v) is 8.23. The van der Waals surface area contributed by atoms with Gasteiger partial charge in [0, 0.05) is 0 Å². The third kappa shape index (κ3) is 1.08. The van der Waals surface area contributed by atoms with E-state index in [0.29, 0.717) is 16.5 Å². The Kier molecular flexibility index (Phi) is 1.74. The summed E-state index contributed by atoms with van der Waals surface area (Å²) in [5, 5.41) is 0.402. The Balaban J connectivity index is 2.92. The van der Waals surface area contributed by atoms with Crippen molar-refractivity contribution >= 4 is 32.2 Å². The van der Waals surface area contributed by atoms with Crippen LogP contribution in [0.15, 0.2) is 6.33 Å². The second kappa shape index (κ2) is 2.64. The van der Waals surface area contributed by atoms with Gasteiger partial charge in [0.1, 0.15) is 17.7 Å². The highest BCUT2D eigenvalue weighted by Gasteiger charge is 2.07. The van der Waals surface area contributed by atoms with Crippen LogP contribution in [0.3, 0.4) is 0 Å². The Morgan fingerprint density at radius 1 is 1.50 bits per heavy atom. The van der Waals surface area contributed by atoms with Gasteiger partial charge in [0.15, 0.2) is 10.8 Å². The Labute approximate surface area is 76.2 Å². The van der Waals surface area contributed by atoms with Crippen LogP contribution in [0.2, 0.25) is 5.15 Å². The Morgan fingerprint density at radius 3 is 3.00 bits per heavy atom. The number of halogens is 1. The SMILES string of the molecule is Cc1nc(Cl)c2ncn(P)c2n1. The Bertz CT molecular complexity index is 438. The van der Waals surface area contributed by atoms with Crippen molar-refractivity contribution in [3.8, 4) is 0 Å². The molecule has 0 aliphatic rings. The zero-order chi connectivity index (χ0) is 8.72. The summed E-state index contributed by atoms with van der Waals surface area (Å²) in [4.78, 5) is 12.2. The maximum absolute atomic E-state index is 5.84. The molecule has 0 saturated heterocycles. The molecule has 0 saturated carbocycles. The highest BCUT2D eigenvalue weighted by atomic mass is 35.5. The lowest BCUT2D eigenvalue weighted by Gasteiger charge is -1.95. The van der Waals surface area contributed by atoms with Crippen LogP contribution < -0.4 is 0 Å². The van der Waals surface area contributed by atoms with E-state index in [-0.39, 0.29) is 0 Å². The second-order valence-corrected chi connectivity index (χ2v) is 3.30. The maximum Gasteiger partial charge on any atom is 0.168 e. The lowest BCUT2D eigenvalue weighted by molar-refractivity contribution is 1.07.